The normalized spacial score (nSPS) is 18.4. The fourth-order valence-corrected chi connectivity index (χ4v) is 2.44. The van der Waals surface area contributed by atoms with Crippen LogP contribution in [0.4, 0.5) is 0 Å². The highest BCUT2D eigenvalue weighted by Gasteiger charge is 2.33. The van der Waals surface area contributed by atoms with Gasteiger partial charge in [0.05, 0.1) is 6.61 Å². The lowest BCUT2D eigenvalue weighted by molar-refractivity contribution is -0.149. The highest BCUT2D eigenvalue weighted by atomic mass is 16.5. The second-order valence-electron chi connectivity index (χ2n) is 5.27. The van der Waals surface area contributed by atoms with Crippen molar-refractivity contribution in [2.24, 2.45) is 0 Å². The second-order valence-corrected chi connectivity index (χ2v) is 5.27. The van der Waals surface area contributed by atoms with Crippen molar-refractivity contribution in [3.05, 3.63) is 34.9 Å². The van der Waals surface area contributed by atoms with Crippen LogP contribution in [-0.4, -0.2) is 49.1 Å². The maximum atomic E-state index is 12.7. The van der Waals surface area contributed by atoms with Crippen molar-refractivity contribution >= 4 is 11.9 Å². The molecule has 1 heterocycles. The van der Waals surface area contributed by atoms with E-state index < -0.39 is 6.04 Å². The summed E-state index contributed by atoms with van der Waals surface area (Å²) in [6.07, 6.45) is 0. The van der Waals surface area contributed by atoms with E-state index in [1.165, 1.54) is 0 Å². The Bertz CT molecular complexity index is 542. The summed E-state index contributed by atoms with van der Waals surface area (Å²) in [5, 5.41) is 3.14. The Morgan fingerprint density at radius 3 is 2.76 bits per heavy atom. The molecule has 0 aliphatic carbocycles. The molecule has 21 heavy (non-hydrogen) atoms. The predicted molar refractivity (Wildman–Crippen MR) is 80.2 cm³/mol. The summed E-state index contributed by atoms with van der Waals surface area (Å²) in [4.78, 5) is 26.3. The molecule has 1 saturated heterocycles. The molecule has 0 bridgehead atoms. The van der Waals surface area contributed by atoms with Crippen molar-refractivity contribution in [2.45, 2.75) is 26.8 Å². The van der Waals surface area contributed by atoms with Gasteiger partial charge < -0.3 is 15.0 Å². The minimum Gasteiger partial charge on any atom is -0.464 e. The zero-order valence-corrected chi connectivity index (χ0v) is 12.8. The largest absolute Gasteiger partial charge is 0.464 e. The molecule has 1 atom stereocenters. The first-order valence-electron chi connectivity index (χ1n) is 7.30. The number of aryl methyl sites for hydroxylation is 2. The number of rotatable bonds is 3. The van der Waals surface area contributed by atoms with Crippen LogP contribution in [0.1, 0.15) is 28.4 Å². The summed E-state index contributed by atoms with van der Waals surface area (Å²) >= 11 is 0. The first-order chi connectivity index (χ1) is 10.0. The number of nitrogens with zero attached hydrogens (tertiary/aromatic N) is 1. The molecule has 0 radical (unpaired) electrons. The third-order valence-electron chi connectivity index (χ3n) is 3.82. The van der Waals surface area contributed by atoms with E-state index in [0.717, 1.165) is 11.1 Å². The van der Waals surface area contributed by atoms with Crippen LogP contribution in [0.5, 0.6) is 0 Å². The maximum Gasteiger partial charge on any atom is 0.330 e. The van der Waals surface area contributed by atoms with Crippen molar-refractivity contribution in [3.63, 3.8) is 0 Å². The van der Waals surface area contributed by atoms with Gasteiger partial charge in [-0.3, -0.25) is 4.79 Å². The standard InChI is InChI=1S/C16H22N2O3/c1-4-21-16(20)14-10-17-7-8-18(14)15(19)13-6-5-11(2)12(3)9-13/h5-6,9,14,17H,4,7-8,10H2,1-3H3. The topological polar surface area (TPSA) is 58.6 Å². The van der Waals surface area contributed by atoms with Gasteiger partial charge in [-0.2, -0.15) is 0 Å². The van der Waals surface area contributed by atoms with Gasteiger partial charge in [-0.05, 0) is 44.0 Å². The van der Waals surface area contributed by atoms with Gasteiger partial charge in [-0.1, -0.05) is 6.07 Å². The predicted octanol–water partition coefficient (Wildman–Crippen LogP) is 1.28. The van der Waals surface area contributed by atoms with E-state index >= 15 is 0 Å². The van der Waals surface area contributed by atoms with Crippen LogP contribution in [0.2, 0.25) is 0 Å². The smallest absolute Gasteiger partial charge is 0.330 e. The molecule has 5 heteroatoms. The minimum atomic E-state index is -0.548. The van der Waals surface area contributed by atoms with Crippen LogP contribution in [0.15, 0.2) is 18.2 Å². The Morgan fingerprint density at radius 1 is 1.33 bits per heavy atom. The van der Waals surface area contributed by atoms with Crippen LogP contribution < -0.4 is 5.32 Å². The number of carbonyl (C=O) groups excluding carboxylic acids is 2. The van der Waals surface area contributed by atoms with Crippen molar-refractivity contribution in [1.82, 2.24) is 10.2 Å². The number of hydrogen-bond acceptors (Lipinski definition) is 4. The molecule has 1 aromatic carbocycles. The van der Waals surface area contributed by atoms with Crippen LogP contribution in [0, 0.1) is 13.8 Å². The SMILES string of the molecule is CCOC(=O)C1CNCCN1C(=O)c1ccc(C)c(C)c1. The van der Waals surface area contributed by atoms with Crippen molar-refractivity contribution in [1.29, 1.82) is 0 Å². The van der Waals surface area contributed by atoms with Gasteiger partial charge in [0.15, 0.2) is 0 Å². The van der Waals surface area contributed by atoms with E-state index in [9.17, 15) is 9.59 Å². The molecule has 2 rings (SSSR count). The van der Waals surface area contributed by atoms with Crippen molar-refractivity contribution in [2.75, 3.05) is 26.2 Å². The number of ether oxygens (including phenoxy) is 1. The molecule has 5 nitrogen and oxygen atoms in total. The zero-order chi connectivity index (χ0) is 15.4. The lowest BCUT2D eigenvalue weighted by Gasteiger charge is -2.34. The Hall–Kier alpha value is -1.88. The third-order valence-corrected chi connectivity index (χ3v) is 3.82. The molecular formula is C16H22N2O3. The van der Waals surface area contributed by atoms with Gasteiger partial charge in [0, 0.05) is 25.2 Å². The summed E-state index contributed by atoms with van der Waals surface area (Å²) in [6, 6.07) is 5.08. The Morgan fingerprint density at radius 2 is 2.10 bits per heavy atom. The third kappa shape index (κ3) is 3.42. The average molecular weight is 290 g/mol. The molecular weight excluding hydrogens is 268 g/mol. The molecule has 0 saturated carbocycles. The molecule has 1 aliphatic rings. The van der Waals surface area contributed by atoms with Crippen LogP contribution in [0.25, 0.3) is 0 Å². The summed E-state index contributed by atoms with van der Waals surface area (Å²) in [5.74, 6) is -0.459. The van der Waals surface area contributed by atoms with Crippen molar-refractivity contribution in [3.8, 4) is 0 Å². The molecule has 1 aliphatic heterocycles. The van der Waals surface area contributed by atoms with Crippen LogP contribution in [-0.2, 0) is 9.53 Å². The van der Waals surface area contributed by atoms with E-state index in [4.69, 9.17) is 4.74 Å². The molecule has 0 spiro atoms. The first kappa shape index (κ1) is 15.5. The fraction of sp³-hybridized carbons (Fsp3) is 0.500. The first-order valence-corrected chi connectivity index (χ1v) is 7.30. The monoisotopic (exact) mass is 290 g/mol. The van der Waals surface area contributed by atoms with E-state index in [-0.39, 0.29) is 11.9 Å². The van der Waals surface area contributed by atoms with Gasteiger partial charge in [0.1, 0.15) is 6.04 Å². The van der Waals surface area contributed by atoms with Gasteiger partial charge in [-0.15, -0.1) is 0 Å². The van der Waals surface area contributed by atoms with E-state index in [1.54, 1.807) is 11.8 Å². The van der Waals surface area contributed by atoms with Crippen LogP contribution in [0.3, 0.4) is 0 Å². The number of hydrogen-bond donors (Lipinski definition) is 1. The Kier molecular flexibility index (Phi) is 4.96. The van der Waals surface area contributed by atoms with Crippen molar-refractivity contribution < 1.29 is 14.3 Å². The minimum absolute atomic E-state index is 0.113. The molecule has 114 valence electrons. The summed E-state index contributed by atoms with van der Waals surface area (Å²) < 4.78 is 5.07. The van der Waals surface area contributed by atoms with Gasteiger partial charge in [0.25, 0.3) is 5.91 Å². The van der Waals surface area contributed by atoms with Crippen LogP contribution >= 0.6 is 0 Å². The average Bonchev–Trinajstić information content (AvgIpc) is 2.49. The molecule has 0 aromatic heterocycles. The van der Waals surface area contributed by atoms with E-state index in [1.807, 2.05) is 32.0 Å². The van der Waals surface area contributed by atoms with E-state index in [0.29, 0.717) is 31.8 Å². The van der Waals surface area contributed by atoms with Gasteiger partial charge in [0.2, 0.25) is 0 Å². The lowest BCUT2D eigenvalue weighted by atomic mass is 10.0. The molecule has 1 aromatic rings. The summed E-state index contributed by atoms with van der Waals surface area (Å²) in [6.45, 7) is 7.71. The molecule has 1 fully saturated rings. The number of piperazine rings is 1. The number of nitrogens with one attached hydrogen (secondary N) is 1. The Labute approximate surface area is 125 Å². The Balaban J connectivity index is 2.21. The summed E-state index contributed by atoms with van der Waals surface area (Å²) in [5.41, 5.74) is 2.84. The molecule has 1 N–H and O–H groups in total. The molecule has 1 unspecified atom stereocenters. The highest BCUT2D eigenvalue weighted by molar-refractivity contribution is 5.97. The quantitative estimate of drug-likeness (QED) is 0.852. The number of carbonyl (C=O) groups is 2. The number of benzene rings is 1. The maximum absolute atomic E-state index is 12.7. The van der Waals surface area contributed by atoms with E-state index in [2.05, 4.69) is 5.32 Å². The number of amides is 1. The summed E-state index contributed by atoms with van der Waals surface area (Å²) in [7, 11) is 0. The van der Waals surface area contributed by atoms with Gasteiger partial charge in [-0.25, -0.2) is 4.79 Å². The van der Waals surface area contributed by atoms with Gasteiger partial charge >= 0.3 is 5.97 Å². The second kappa shape index (κ2) is 6.72. The fourth-order valence-electron chi connectivity index (χ4n) is 2.44. The zero-order valence-electron chi connectivity index (χ0n) is 12.8. The number of esters is 1. The highest BCUT2D eigenvalue weighted by Crippen LogP contribution is 2.15. The lowest BCUT2D eigenvalue weighted by Crippen LogP contribution is -2.57. The molecule has 1 amide bonds.